The predicted molar refractivity (Wildman–Crippen MR) is 84.6 cm³/mol. The van der Waals surface area contributed by atoms with Crippen molar-refractivity contribution in [1.82, 2.24) is 0 Å². The molecule has 0 aliphatic carbocycles. The largest absolute Gasteiger partial charge is 0.543 e. The van der Waals surface area contributed by atoms with E-state index >= 15 is 0 Å². The molecule has 0 heterocycles. The summed E-state index contributed by atoms with van der Waals surface area (Å²) in [5.41, 5.74) is 1.22. The van der Waals surface area contributed by atoms with Gasteiger partial charge < -0.3 is 4.43 Å². The fraction of sp³-hybridized carbons (Fsp3) is 0.538. The molecule has 0 atom stereocenters. The van der Waals surface area contributed by atoms with Crippen LogP contribution in [0, 0.1) is 0 Å². The Morgan fingerprint density at radius 2 is 1.82 bits per heavy atom. The van der Waals surface area contributed by atoms with Crippen LogP contribution in [0.4, 0.5) is 0 Å². The second-order valence-corrected chi connectivity index (χ2v) is 11.9. The van der Waals surface area contributed by atoms with E-state index in [1.807, 2.05) is 6.07 Å². The molecule has 0 amide bonds. The molecule has 1 nitrogen and oxygen atoms in total. The molecule has 4 heteroatoms. The van der Waals surface area contributed by atoms with Crippen molar-refractivity contribution in [3.05, 3.63) is 28.2 Å². The number of alkyl halides is 1. The Bertz CT molecular complexity index is 397. The lowest BCUT2D eigenvalue weighted by atomic mass is 10.2. The fourth-order valence-electron chi connectivity index (χ4n) is 1.16. The van der Waals surface area contributed by atoms with E-state index in [9.17, 15) is 0 Å². The van der Waals surface area contributed by atoms with Crippen LogP contribution in [0.15, 0.2) is 22.7 Å². The third-order valence-corrected chi connectivity index (χ3v) is 9.08. The molecule has 0 spiro atoms. The smallest absolute Gasteiger partial charge is 0.250 e. The molecule has 0 fully saturated rings. The minimum atomic E-state index is -1.73. The van der Waals surface area contributed by atoms with Crippen LogP contribution >= 0.6 is 31.9 Å². The van der Waals surface area contributed by atoms with E-state index in [0.717, 1.165) is 15.6 Å². The van der Waals surface area contributed by atoms with Gasteiger partial charge in [0.1, 0.15) is 5.75 Å². The number of rotatable bonds is 3. The molecule has 0 saturated carbocycles. The average molecular weight is 380 g/mol. The van der Waals surface area contributed by atoms with Gasteiger partial charge in [0.2, 0.25) is 8.32 Å². The highest BCUT2D eigenvalue weighted by Gasteiger charge is 2.38. The Balaban J connectivity index is 2.96. The second kappa shape index (κ2) is 5.45. The molecule has 0 unspecified atom stereocenters. The van der Waals surface area contributed by atoms with Crippen LogP contribution < -0.4 is 4.43 Å². The summed E-state index contributed by atoms with van der Waals surface area (Å²) in [6.07, 6.45) is 0. The topological polar surface area (TPSA) is 9.23 Å². The summed E-state index contributed by atoms with van der Waals surface area (Å²) in [5.74, 6) is 0.981. The van der Waals surface area contributed by atoms with Gasteiger partial charge in [-0.2, -0.15) is 0 Å². The van der Waals surface area contributed by atoms with E-state index in [-0.39, 0.29) is 5.04 Å². The van der Waals surface area contributed by atoms with Crippen molar-refractivity contribution in [3.63, 3.8) is 0 Å². The van der Waals surface area contributed by atoms with Crippen molar-refractivity contribution in [2.75, 3.05) is 0 Å². The zero-order valence-corrected chi connectivity index (χ0v) is 15.3. The first-order valence-corrected chi connectivity index (χ1v) is 10.5. The lowest BCUT2D eigenvalue weighted by Crippen LogP contribution is -2.43. The van der Waals surface area contributed by atoms with Gasteiger partial charge in [-0.05, 0) is 41.9 Å². The molecule has 0 N–H and O–H groups in total. The molecule has 0 bridgehead atoms. The Morgan fingerprint density at radius 1 is 1.24 bits per heavy atom. The monoisotopic (exact) mass is 378 g/mol. The zero-order valence-electron chi connectivity index (χ0n) is 11.1. The lowest BCUT2D eigenvalue weighted by Gasteiger charge is -2.36. The SMILES string of the molecule is CC(C)(C)[Si](C)(C)Oc1ccc(Br)c(CBr)c1. The van der Waals surface area contributed by atoms with Crippen LogP contribution in [-0.4, -0.2) is 8.32 Å². The van der Waals surface area contributed by atoms with Gasteiger partial charge in [-0.15, -0.1) is 0 Å². The first-order chi connectivity index (χ1) is 7.67. The van der Waals surface area contributed by atoms with Gasteiger partial charge in [-0.1, -0.05) is 52.6 Å². The molecule has 0 aromatic heterocycles. The summed E-state index contributed by atoms with van der Waals surface area (Å²) >= 11 is 7.02. The summed E-state index contributed by atoms with van der Waals surface area (Å²) in [5, 5.41) is 1.07. The molecular weight excluding hydrogens is 360 g/mol. The Morgan fingerprint density at radius 3 is 2.29 bits per heavy atom. The molecule has 0 saturated heterocycles. The summed E-state index contributed by atoms with van der Waals surface area (Å²) in [7, 11) is -1.73. The van der Waals surface area contributed by atoms with E-state index in [2.05, 4.69) is 77.9 Å². The van der Waals surface area contributed by atoms with Gasteiger partial charge in [0.15, 0.2) is 0 Å². The molecule has 1 aromatic carbocycles. The highest BCUT2D eigenvalue weighted by molar-refractivity contribution is 9.10. The van der Waals surface area contributed by atoms with Gasteiger partial charge in [0.25, 0.3) is 0 Å². The van der Waals surface area contributed by atoms with E-state index in [0.29, 0.717) is 0 Å². The first-order valence-electron chi connectivity index (χ1n) is 5.71. The number of benzene rings is 1. The van der Waals surface area contributed by atoms with Gasteiger partial charge in [-0.3, -0.25) is 0 Å². The normalized spacial score (nSPS) is 12.6. The molecular formula is C13H20Br2OSi. The summed E-state index contributed by atoms with van der Waals surface area (Å²) in [6.45, 7) is 11.3. The number of hydrogen-bond acceptors (Lipinski definition) is 1. The van der Waals surface area contributed by atoms with Crippen molar-refractivity contribution in [3.8, 4) is 5.75 Å². The van der Waals surface area contributed by atoms with E-state index < -0.39 is 8.32 Å². The second-order valence-electron chi connectivity index (χ2n) is 5.75. The quantitative estimate of drug-likeness (QED) is 0.481. The van der Waals surface area contributed by atoms with Gasteiger partial charge in [0.05, 0.1) is 0 Å². The minimum Gasteiger partial charge on any atom is -0.543 e. The first kappa shape index (κ1) is 15.3. The maximum Gasteiger partial charge on any atom is 0.250 e. The van der Waals surface area contributed by atoms with Gasteiger partial charge >= 0.3 is 0 Å². The van der Waals surface area contributed by atoms with E-state index in [1.54, 1.807) is 0 Å². The molecule has 17 heavy (non-hydrogen) atoms. The molecule has 96 valence electrons. The van der Waals surface area contributed by atoms with Crippen LogP contribution in [0.2, 0.25) is 18.1 Å². The van der Waals surface area contributed by atoms with Crippen molar-refractivity contribution >= 4 is 40.2 Å². The zero-order chi connectivity index (χ0) is 13.3. The number of hydrogen-bond donors (Lipinski definition) is 0. The van der Waals surface area contributed by atoms with Crippen LogP contribution in [0.5, 0.6) is 5.75 Å². The van der Waals surface area contributed by atoms with Crippen molar-refractivity contribution in [2.45, 2.75) is 44.2 Å². The van der Waals surface area contributed by atoms with Crippen LogP contribution in [0.25, 0.3) is 0 Å². The predicted octanol–water partition coefficient (Wildman–Crippen LogP) is 5.73. The summed E-state index contributed by atoms with van der Waals surface area (Å²) in [6, 6.07) is 6.20. The molecule has 1 aromatic rings. The van der Waals surface area contributed by atoms with Crippen molar-refractivity contribution in [2.24, 2.45) is 0 Å². The third-order valence-electron chi connectivity index (χ3n) is 3.34. The van der Waals surface area contributed by atoms with Crippen molar-refractivity contribution in [1.29, 1.82) is 0 Å². The highest BCUT2D eigenvalue weighted by atomic mass is 79.9. The fourth-order valence-corrected chi connectivity index (χ4v) is 3.41. The highest BCUT2D eigenvalue weighted by Crippen LogP contribution is 2.38. The molecule has 0 radical (unpaired) electrons. The van der Waals surface area contributed by atoms with E-state index in [1.165, 1.54) is 5.56 Å². The summed E-state index contributed by atoms with van der Waals surface area (Å²) < 4.78 is 7.38. The van der Waals surface area contributed by atoms with E-state index in [4.69, 9.17) is 4.43 Å². The number of halogens is 2. The standard InChI is InChI=1S/C13H20Br2OSi/c1-13(2,3)17(4,5)16-11-6-7-12(15)10(8-11)9-14/h6-8H,9H2,1-5H3. The third kappa shape index (κ3) is 3.83. The van der Waals surface area contributed by atoms with Gasteiger partial charge in [0, 0.05) is 9.80 Å². The van der Waals surface area contributed by atoms with Crippen LogP contribution in [0.1, 0.15) is 26.3 Å². The van der Waals surface area contributed by atoms with Crippen LogP contribution in [0.3, 0.4) is 0 Å². The van der Waals surface area contributed by atoms with Crippen molar-refractivity contribution < 1.29 is 4.43 Å². The maximum absolute atomic E-state index is 6.26. The lowest BCUT2D eigenvalue weighted by molar-refractivity contribution is 0.492. The molecule has 0 aliphatic rings. The van der Waals surface area contributed by atoms with Crippen LogP contribution in [-0.2, 0) is 5.33 Å². The van der Waals surface area contributed by atoms with Gasteiger partial charge in [-0.25, -0.2) is 0 Å². The Hall–Kier alpha value is 0.197. The summed E-state index contributed by atoms with van der Waals surface area (Å²) in [4.78, 5) is 0. The molecule has 1 rings (SSSR count). The Kier molecular flexibility index (Phi) is 4.89. The molecule has 0 aliphatic heterocycles. The minimum absolute atomic E-state index is 0.231. The maximum atomic E-state index is 6.26. The Labute approximate surface area is 122 Å². The average Bonchev–Trinajstić information content (AvgIpc) is 2.19.